The second-order valence-electron chi connectivity index (χ2n) is 4.84. The van der Waals surface area contributed by atoms with Gasteiger partial charge in [0.2, 0.25) is 6.10 Å². The number of esters is 2. The Labute approximate surface area is 140 Å². The molecular formula is C18H17ClO4. The van der Waals surface area contributed by atoms with Crippen molar-refractivity contribution < 1.29 is 19.1 Å². The van der Waals surface area contributed by atoms with E-state index in [2.05, 4.69) is 0 Å². The van der Waals surface area contributed by atoms with E-state index in [0.717, 1.165) is 0 Å². The average Bonchev–Trinajstić information content (AvgIpc) is 2.58. The minimum atomic E-state index is -1.12. The van der Waals surface area contributed by atoms with Gasteiger partial charge in [0.25, 0.3) is 0 Å². The summed E-state index contributed by atoms with van der Waals surface area (Å²) in [6.07, 6.45) is -0.433. The van der Waals surface area contributed by atoms with Crippen LogP contribution in [0.3, 0.4) is 0 Å². The molecule has 120 valence electrons. The fourth-order valence-corrected chi connectivity index (χ4v) is 2.17. The van der Waals surface area contributed by atoms with Crippen LogP contribution in [0.2, 0.25) is 5.02 Å². The number of carbonyl (C=O) groups is 2. The third kappa shape index (κ3) is 4.57. The average molecular weight is 333 g/mol. The molecule has 0 radical (unpaired) electrons. The molecule has 0 bridgehead atoms. The van der Waals surface area contributed by atoms with Gasteiger partial charge < -0.3 is 9.47 Å². The SMILES string of the molecule is CCCOC(=O)C(OC(=O)c1ccccc1Cl)c1ccccc1. The van der Waals surface area contributed by atoms with Crippen LogP contribution in [0.15, 0.2) is 54.6 Å². The van der Waals surface area contributed by atoms with E-state index >= 15 is 0 Å². The Hall–Kier alpha value is -2.33. The van der Waals surface area contributed by atoms with E-state index in [1.807, 2.05) is 13.0 Å². The van der Waals surface area contributed by atoms with Gasteiger partial charge in [-0.1, -0.05) is 61.0 Å². The molecule has 0 aliphatic carbocycles. The van der Waals surface area contributed by atoms with Crippen molar-refractivity contribution >= 4 is 23.5 Å². The van der Waals surface area contributed by atoms with Crippen LogP contribution < -0.4 is 0 Å². The molecule has 2 aromatic rings. The maximum absolute atomic E-state index is 12.3. The second-order valence-corrected chi connectivity index (χ2v) is 5.25. The lowest BCUT2D eigenvalue weighted by atomic mass is 10.1. The summed E-state index contributed by atoms with van der Waals surface area (Å²) in [4.78, 5) is 24.5. The summed E-state index contributed by atoms with van der Waals surface area (Å²) >= 11 is 5.99. The number of halogens is 1. The van der Waals surface area contributed by atoms with E-state index in [0.29, 0.717) is 12.0 Å². The van der Waals surface area contributed by atoms with Gasteiger partial charge in [0.05, 0.1) is 17.2 Å². The van der Waals surface area contributed by atoms with Gasteiger partial charge in [-0.3, -0.25) is 0 Å². The number of hydrogen-bond donors (Lipinski definition) is 0. The molecule has 4 nitrogen and oxygen atoms in total. The molecule has 0 amide bonds. The fourth-order valence-electron chi connectivity index (χ4n) is 1.96. The highest BCUT2D eigenvalue weighted by Crippen LogP contribution is 2.23. The molecule has 0 aromatic heterocycles. The molecule has 0 fully saturated rings. The summed E-state index contributed by atoms with van der Waals surface area (Å²) in [6, 6.07) is 15.3. The Bertz CT molecular complexity index is 670. The first-order valence-corrected chi connectivity index (χ1v) is 7.68. The second kappa shape index (κ2) is 8.34. The molecule has 0 N–H and O–H groups in total. The molecule has 2 aromatic carbocycles. The molecule has 5 heteroatoms. The Morgan fingerprint density at radius 3 is 2.35 bits per heavy atom. The minimum Gasteiger partial charge on any atom is -0.463 e. The van der Waals surface area contributed by atoms with Crippen LogP contribution in [0.4, 0.5) is 0 Å². The first kappa shape index (κ1) is 17.0. The largest absolute Gasteiger partial charge is 0.463 e. The quantitative estimate of drug-likeness (QED) is 0.744. The summed E-state index contributed by atoms with van der Waals surface area (Å²) in [5.41, 5.74) is 0.757. The van der Waals surface area contributed by atoms with Crippen LogP contribution in [0.5, 0.6) is 0 Å². The predicted octanol–water partition coefficient (Wildman–Crippen LogP) is 4.19. The molecule has 2 rings (SSSR count). The summed E-state index contributed by atoms with van der Waals surface area (Å²) < 4.78 is 10.5. The van der Waals surface area contributed by atoms with E-state index in [1.54, 1.807) is 48.5 Å². The van der Waals surface area contributed by atoms with Gasteiger partial charge >= 0.3 is 11.9 Å². The predicted molar refractivity (Wildman–Crippen MR) is 87.3 cm³/mol. The lowest BCUT2D eigenvalue weighted by Crippen LogP contribution is -2.22. The van der Waals surface area contributed by atoms with Crippen LogP contribution in [0.1, 0.15) is 35.4 Å². The zero-order valence-electron chi connectivity index (χ0n) is 12.7. The molecular weight excluding hydrogens is 316 g/mol. The van der Waals surface area contributed by atoms with Crippen molar-refractivity contribution in [1.82, 2.24) is 0 Å². The summed E-state index contributed by atoms with van der Waals surface area (Å²) in [5.74, 6) is -1.27. The van der Waals surface area contributed by atoms with E-state index < -0.39 is 18.0 Å². The molecule has 0 spiro atoms. The Balaban J connectivity index is 2.22. The highest BCUT2D eigenvalue weighted by atomic mass is 35.5. The highest BCUT2D eigenvalue weighted by molar-refractivity contribution is 6.33. The molecule has 1 atom stereocenters. The van der Waals surface area contributed by atoms with Crippen molar-refractivity contribution in [2.45, 2.75) is 19.4 Å². The lowest BCUT2D eigenvalue weighted by molar-refractivity contribution is -0.154. The van der Waals surface area contributed by atoms with Gasteiger partial charge in [-0.15, -0.1) is 0 Å². The number of hydrogen-bond acceptors (Lipinski definition) is 4. The van der Waals surface area contributed by atoms with Gasteiger partial charge in [-0.2, -0.15) is 0 Å². The topological polar surface area (TPSA) is 52.6 Å². The van der Waals surface area contributed by atoms with E-state index in [4.69, 9.17) is 21.1 Å². The lowest BCUT2D eigenvalue weighted by Gasteiger charge is -2.17. The maximum Gasteiger partial charge on any atom is 0.352 e. The molecule has 0 aliphatic rings. The smallest absolute Gasteiger partial charge is 0.352 e. The summed E-state index contributed by atoms with van der Waals surface area (Å²) in [7, 11) is 0. The summed E-state index contributed by atoms with van der Waals surface area (Å²) in [5, 5.41) is 0.270. The van der Waals surface area contributed by atoms with Crippen molar-refractivity contribution in [3.8, 4) is 0 Å². The van der Waals surface area contributed by atoms with Gasteiger partial charge in [-0.25, -0.2) is 9.59 Å². The van der Waals surface area contributed by atoms with Crippen molar-refractivity contribution in [3.05, 3.63) is 70.7 Å². The highest BCUT2D eigenvalue weighted by Gasteiger charge is 2.27. The molecule has 0 saturated carbocycles. The van der Waals surface area contributed by atoms with Gasteiger partial charge in [0.1, 0.15) is 0 Å². The van der Waals surface area contributed by atoms with Crippen molar-refractivity contribution in [2.75, 3.05) is 6.61 Å². The zero-order chi connectivity index (χ0) is 16.7. The monoisotopic (exact) mass is 332 g/mol. The van der Waals surface area contributed by atoms with Crippen LogP contribution >= 0.6 is 11.6 Å². The van der Waals surface area contributed by atoms with E-state index in [-0.39, 0.29) is 17.2 Å². The first-order valence-electron chi connectivity index (χ1n) is 7.30. The molecule has 23 heavy (non-hydrogen) atoms. The van der Waals surface area contributed by atoms with Crippen molar-refractivity contribution in [2.24, 2.45) is 0 Å². The number of rotatable bonds is 6. The number of carbonyl (C=O) groups excluding carboxylic acids is 2. The van der Waals surface area contributed by atoms with E-state index in [1.165, 1.54) is 0 Å². The molecule has 0 aliphatic heterocycles. The van der Waals surface area contributed by atoms with E-state index in [9.17, 15) is 9.59 Å². The van der Waals surface area contributed by atoms with Crippen molar-refractivity contribution in [1.29, 1.82) is 0 Å². The van der Waals surface area contributed by atoms with Crippen LogP contribution in [0, 0.1) is 0 Å². The standard InChI is InChI=1S/C18H17ClO4/c1-2-12-22-18(21)16(13-8-4-3-5-9-13)23-17(20)14-10-6-7-11-15(14)19/h3-11,16H,2,12H2,1H3. The van der Waals surface area contributed by atoms with Gasteiger partial charge in [0.15, 0.2) is 0 Å². The zero-order valence-corrected chi connectivity index (χ0v) is 13.5. The first-order chi connectivity index (χ1) is 11.1. The molecule has 0 heterocycles. The van der Waals surface area contributed by atoms with Crippen LogP contribution in [-0.4, -0.2) is 18.5 Å². The maximum atomic E-state index is 12.3. The Kier molecular flexibility index (Phi) is 6.18. The third-order valence-electron chi connectivity index (χ3n) is 3.08. The van der Waals surface area contributed by atoms with Crippen LogP contribution in [0.25, 0.3) is 0 Å². The van der Waals surface area contributed by atoms with Crippen molar-refractivity contribution in [3.63, 3.8) is 0 Å². The molecule has 1 unspecified atom stereocenters. The number of benzene rings is 2. The van der Waals surface area contributed by atoms with Gasteiger partial charge in [-0.05, 0) is 18.6 Å². The Morgan fingerprint density at radius 1 is 1.04 bits per heavy atom. The van der Waals surface area contributed by atoms with Gasteiger partial charge in [0, 0.05) is 5.56 Å². The number of ether oxygens (including phenoxy) is 2. The normalized spacial score (nSPS) is 11.6. The summed E-state index contributed by atoms with van der Waals surface area (Å²) in [6.45, 7) is 2.16. The Morgan fingerprint density at radius 2 is 1.70 bits per heavy atom. The van der Waals surface area contributed by atoms with Crippen LogP contribution in [-0.2, 0) is 14.3 Å². The third-order valence-corrected chi connectivity index (χ3v) is 3.41. The fraction of sp³-hybridized carbons (Fsp3) is 0.222. The minimum absolute atomic E-state index is 0.207. The molecule has 0 saturated heterocycles.